The van der Waals surface area contributed by atoms with E-state index in [1.165, 1.54) is 13.0 Å². The van der Waals surface area contributed by atoms with E-state index in [4.69, 9.17) is 0 Å². The average Bonchev–Trinajstić information content (AvgIpc) is 2.29. The van der Waals surface area contributed by atoms with E-state index in [0.29, 0.717) is 5.82 Å². The smallest absolute Gasteiger partial charge is 0.217 e. The summed E-state index contributed by atoms with van der Waals surface area (Å²) in [6.07, 6.45) is 1.75. The first-order chi connectivity index (χ1) is 8.15. The molecule has 1 fully saturated rings. The quantitative estimate of drug-likeness (QED) is 0.789. The maximum Gasteiger partial charge on any atom is 0.217 e. The topological polar surface area (TPSA) is 45.2 Å². The highest BCUT2D eigenvalue weighted by Gasteiger charge is 2.20. The molecule has 5 heteroatoms. The summed E-state index contributed by atoms with van der Waals surface area (Å²) < 4.78 is 13.0. The van der Waals surface area contributed by atoms with Crippen molar-refractivity contribution in [1.82, 2.24) is 10.3 Å². The molecule has 1 aromatic rings. The zero-order valence-electron chi connectivity index (χ0n) is 9.82. The maximum absolute atomic E-state index is 13.0. The fraction of sp³-hybridized carbons (Fsp3) is 0.500. The number of rotatable bonds is 2. The molecule has 1 aliphatic heterocycles. The van der Waals surface area contributed by atoms with E-state index in [0.717, 1.165) is 25.9 Å². The van der Waals surface area contributed by atoms with Gasteiger partial charge in [-0.1, -0.05) is 6.07 Å². The van der Waals surface area contributed by atoms with Crippen molar-refractivity contribution in [3.63, 3.8) is 0 Å². The van der Waals surface area contributed by atoms with Gasteiger partial charge in [-0.25, -0.2) is 4.98 Å². The molecule has 0 spiro atoms. The summed E-state index contributed by atoms with van der Waals surface area (Å²) in [7, 11) is 0. The maximum atomic E-state index is 13.0. The molecule has 0 aliphatic carbocycles. The van der Waals surface area contributed by atoms with Gasteiger partial charge in [-0.05, 0) is 25.0 Å². The van der Waals surface area contributed by atoms with Crippen molar-refractivity contribution in [3.05, 3.63) is 24.1 Å². The minimum absolute atomic E-state index is 0.00679. The van der Waals surface area contributed by atoms with Gasteiger partial charge in [0, 0.05) is 26.1 Å². The molecule has 1 N–H and O–H groups in total. The highest BCUT2D eigenvalue weighted by atomic mass is 19.1. The molecule has 0 aromatic carbocycles. The molecule has 2 heterocycles. The van der Waals surface area contributed by atoms with Crippen LogP contribution in [0.15, 0.2) is 18.2 Å². The van der Waals surface area contributed by atoms with Crippen LogP contribution in [0.25, 0.3) is 0 Å². The van der Waals surface area contributed by atoms with E-state index in [-0.39, 0.29) is 11.9 Å². The normalized spacial score (nSPS) is 16.9. The van der Waals surface area contributed by atoms with Gasteiger partial charge < -0.3 is 10.2 Å². The number of piperidine rings is 1. The lowest BCUT2D eigenvalue weighted by Gasteiger charge is -2.32. The summed E-state index contributed by atoms with van der Waals surface area (Å²) in [6, 6.07) is 5.05. The molecule has 0 radical (unpaired) electrons. The Hall–Kier alpha value is -1.65. The first-order valence-corrected chi connectivity index (χ1v) is 5.80. The molecular formula is C12H16FN3O. The van der Waals surface area contributed by atoms with Crippen LogP contribution in [0.1, 0.15) is 19.8 Å². The third-order valence-corrected chi connectivity index (χ3v) is 2.93. The fourth-order valence-corrected chi connectivity index (χ4v) is 2.11. The minimum Gasteiger partial charge on any atom is -0.356 e. The fourth-order valence-electron chi connectivity index (χ4n) is 2.11. The lowest BCUT2D eigenvalue weighted by Crippen LogP contribution is -2.44. The van der Waals surface area contributed by atoms with Gasteiger partial charge in [0.15, 0.2) is 0 Å². The molecule has 1 amide bonds. The molecule has 0 unspecified atom stereocenters. The summed E-state index contributed by atoms with van der Waals surface area (Å²) in [4.78, 5) is 16.8. The average molecular weight is 237 g/mol. The van der Waals surface area contributed by atoms with Crippen LogP contribution in [0.2, 0.25) is 0 Å². The summed E-state index contributed by atoms with van der Waals surface area (Å²) in [5.41, 5.74) is 0. The van der Waals surface area contributed by atoms with Gasteiger partial charge in [-0.3, -0.25) is 4.79 Å². The predicted octanol–water partition coefficient (Wildman–Crippen LogP) is 1.33. The van der Waals surface area contributed by atoms with Crippen molar-refractivity contribution in [2.75, 3.05) is 18.0 Å². The Morgan fingerprint density at radius 1 is 1.47 bits per heavy atom. The zero-order chi connectivity index (χ0) is 12.3. The van der Waals surface area contributed by atoms with Crippen molar-refractivity contribution in [2.24, 2.45) is 0 Å². The Morgan fingerprint density at radius 3 is 2.76 bits per heavy atom. The number of pyridine rings is 1. The van der Waals surface area contributed by atoms with Crippen molar-refractivity contribution in [2.45, 2.75) is 25.8 Å². The van der Waals surface area contributed by atoms with Gasteiger partial charge >= 0.3 is 0 Å². The van der Waals surface area contributed by atoms with E-state index in [2.05, 4.69) is 10.3 Å². The number of hydrogen-bond acceptors (Lipinski definition) is 3. The largest absolute Gasteiger partial charge is 0.356 e. The number of carbonyl (C=O) groups excluding carboxylic acids is 1. The molecule has 1 aliphatic rings. The second-order valence-electron chi connectivity index (χ2n) is 4.28. The third kappa shape index (κ3) is 3.15. The standard InChI is InChI=1S/C12H16FN3O/c1-9(17)14-10-5-7-16(8-6-10)12-4-2-3-11(13)15-12/h2-4,10H,5-8H2,1H3,(H,14,17). The molecule has 1 aromatic heterocycles. The first kappa shape index (κ1) is 11.8. The summed E-state index contributed by atoms with van der Waals surface area (Å²) in [6.45, 7) is 3.11. The van der Waals surface area contributed by atoms with Gasteiger partial charge in [0.05, 0.1) is 0 Å². The molecule has 0 bridgehead atoms. The van der Waals surface area contributed by atoms with Gasteiger partial charge in [0.2, 0.25) is 11.9 Å². The molecule has 92 valence electrons. The Kier molecular flexibility index (Phi) is 3.56. The SMILES string of the molecule is CC(=O)NC1CCN(c2cccc(F)n2)CC1. The van der Waals surface area contributed by atoms with Crippen LogP contribution in [0.3, 0.4) is 0 Å². The van der Waals surface area contributed by atoms with Crippen LogP contribution in [-0.4, -0.2) is 30.0 Å². The summed E-state index contributed by atoms with van der Waals surface area (Å²) >= 11 is 0. The van der Waals surface area contributed by atoms with Crippen LogP contribution >= 0.6 is 0 Å². The highest BCUT2D eigenvalue weighted by molar-refractivity contribution is 5.73. The number of amides is 1. The molecule has 1 saturated heterocycles. The Balaban J connectivity index is 1.93. The molecule has 2 rings (SSSR count). The Morgan fingerprint density at radius 2 is 2.18 bits per heavy atom. The summed E-state index contributed by atoms with van der Waals surface area (Å²) in [5.74, 6) is 0.227. The van der Waals surface area contributed by atoms with E-state index in [1.807, 2.05) is 11.0 Å². The third-order valence-electron chi connectivity index (χ3n) is 2.93. The van der Waals surface area contributed by atoms with Crippen molar-refractivity contribution >= 4 is 11.7 Å². The predicted molar refractivity (Wildman–Crippen MR) is 63.2 cm³/mol. The molecule has 0 atom stereocenters. The van der Waals surface area contributed by atoms with Crippen LogP contribution < -0.4 is 10.2 Å². The molecular weight excluding hydrogens is 221 g/mol. The highest BCUT2D eigenvalue weighted by Crippen LogP contribution is 2.17. The van der Waals surface area contributed by atoms with Crippen molar-refractivity contribution < 1.29 is 9.18 Å². The van der Waals surface area contributed by atoms with Crippen LogP contribution in [0, 0.1) is 5.95 Å². The van der Waals surface area contributed by atoms with Gasteiger partial charge in [0.25, 0.3) is 0 Å². The van der Waals surface area contributed by atoms with Crippen molar-refractivity contribution in [1.29, 1.82) is 0 Å². The summed E-state index contributed by atoms with van der Waals surface area (Å²) in [5, 5.41) is 2.91. The Labute approximate surface area is 99.8 Å². The van der Waals surface area contributed by atoms with Crippen LogP contribution in [0.5, 0.6) is 0 Å². The lowest BCUT2D eigenvalue weighted by atomic mass is 10.1. The number of carbonyl (C=O) groups is 1. The molecule has 4 nitrogen and oxygen atoms in total. The van der Waals surface area contributed by atoms with Crippen LogP contribution in [0.4, 0.5) is 10.2 Å². The van der Waals surface area contributed by atoms with Gasteiger partial charge in [-0.2, -0.15) is 4.39 Å². The van der Waals surface area contributed by atoms with E-state index >= 15 is 0 Å². The number of hydrogen-bond donors (Lipinski definition) is 1. The molecule has 0 saturated carbocycles. The second-order valence-corrected chi connectivity index (χ2v) is 4.28. The first-order valence-electron chi connectivity index (χ1n) is 5.80. The molecule has 17 heavy (non-hydrogen) atoms. The van der Waals surface area contributed by atoms with Gasteiger partial charge in [0.1, 0.15) is 5.82 Å². The number of halogens is 1. The number of nitrogens with one attached hydrogen (secondary N) is 1. The monoisotopic (exact) mass is 237 g/mol. The zero-order valence-corrected chi connectivity index (χ0v) is 9.82. The lowest BCUT2D eigenvalue weighted by molar-refractivity contribution is -0.119. The number of nitrogens with zero attached hydrogens (tertiary/aromatic N) is 2. The number of aromatic nitrogens is 1. The Bertz CT molecular complexity index is 402. The number of anilines is 1. The van der Waals surface area contributed by atoms with E-state index in [1.54, 1.807) is 6.07 Å². The van der Waals surface area contributed by atoms with E-state index in [9.17, 15) is 9.18 Å². The van der Waals surface area contributed by atoms with Crippen LogP contribution in [-0.2, 0) is 4.79 Å². The van der Waals surface area contributed by atoms with Gasteiger partial charge in [-0.15, -0.1) is 0 Å². The second kappa shape index (κ2) is 5.12. The van der Waals surface area contributed by atoms with Crippen molar-refractivity contribution in [3.8, 4) is 0 Å². The van der Waals surface area contributed by atoms with E-state index < -0.39 is 5.95 Å². The minimum atomic E-state index is -0.452.